The summed E-state index contributed by atoms with van der Waals surface area (Å²) in [5.41, 5.74) is 2.36. The van der Waals surface area contributed by atoms with Gasteiger partial charge >= 0.3 is 0 Å². The highest BCUT2D eigenvalue weighted by molar-refractivity contribution is 5.96. The first-order chi connectivity index (χ1) is 13.0. The minimum atomic E-state index is -0.0578. The molecule has 5 nitrogen and oxygen atoms in total. The average molecular weight is 366 g/mol. The third-order valence-electron chi connectivity index (χ3n) is 4.85. The van der Waals surface area contributed by atoms with Crippen LogP contribution in [0.1, 0.15) is 36.2 Å². The predicted molar refractivity (Wildman–Crippen MR) is 106 cm³/mol. The molecule has 0 radical (unpaired) electrons. The molecule has 2 amide bonds. The molecule has 2 aromatic carbocycles. The third-order valence-corrected chi connectivity index (χ3v) is 4.85. The Balaban J connectivity index is 1.56. The number of nitrogens with one attached hydrogen (secondary N) is 1. The van der Waals surface area contributed by atoms with E-state index in [1.165, 1.54) is 0 Å². The lowest BCUT2D eigenvalue weighted by molar-refractivity contribution is -0.117. The Morgan fingerprint density at radius 3 is 2.30 bits per heavy atom. The van der Waals surface area contributed by atoms with Crippen LogP contribution in [0.2, 0.25) is 0 Å². The molecule has 0 spiro atoms. The topological polar surface area (TPSA) is 58.6 Å². The van der Waals surface area contributed by atoms with E-state index in [-0.39, 0.29) is 17.7 Å². The summed E-state index contributed by atoms with van der Waals surface area (Å²) in [4.78, 5) is 26.3. The van der Waals surface area contributed by atoms with Crippen LogP contribution in [0.15, 0.2) is 48.5 Å². The first kappa shape index (κ1) is 19.0. The summed E-state index contributed by atoms with van der Waals surface area (Å²) < 4.78 is 5.44. The number of carbonyl (C=O) groups excluding carboxylic acids is 2. The molecular formula is C22H26N2O3. The van der Waals surface area contributed by atoms with Gasteiger partial charge in [0.2, 0.25) is 5.91 Å². The second-order valence-electron chi connectivity index (χ2n) is 7.12. The van der Waals surface area contributed by atoms with Crippen molar-refractivity contribution in [2.24, 2.45) is 11.8 Å². The average Bonchev–Trinajstić information content (AvgIpc) is 3.40. The van der Waals surface area contributed by atoms with Gasteiger partial charge in [-0.05, 0) is 61.2 Å². The summed E-state index contributed by atoms with van der Waals surface area (Å²) in [5, 5.41) is 2.91. The van der Waals surface area contributed by atoms with Gasteiger partial charge in [-0.3, -0.25) is 9.59 Å². The van der Waals surface area contributed by atoms with Crippen molar-refractivity contribution in [1.29, 1.82) is 0 Å². The molecule has 3 rings (SSSR count). The van der Waals surface area contributed by atoms with Gasteiger partial charge in [-0.2, -0.15) is 0 Å². The van der Waals surface area contributed by atoms with E-state index in [0.717, 1.165) is 23.4 Å². The van der Waals surface area contributed by atoms with E-state index in [4.69, 9.17) is 4.74 Å². The van der Waals surface area contributed by atoms with E-state index in [0.29, 0.717) is 24.6 Å². The van der Waals surface area contributed by atoms with Gasteiger partial charge < -0.3 is 15.0 Å². The van der Waals surface area contributed by atoms with Crippen LogP contribution in [0, 0.1) is 11.8 Å². The number of benzene rings is 2. The molecule has 1 N–H and O–H groups in total. The van der Waals surface area contributed by atoms with Gasteiger partial charge in [-0.25, -0.2) is 0 Å². The fraction of sp³-hybridized carbons (Fsp3) is 0.364. The predicted octanol–water partition coefficient (Wildman–Crippen LogP) is 3.95. The van der Waals surface area contributed by atoms with E-state index in [9.17, 15) is 9.59 Å². The maximum atomic E-state index is 12.6. The van der Waals surface area contributed by atoms with Crippen molar-refractivity contribution in [1.82, 2.24) is 4.90 Å². The summed E-state index contributed by atoms with van der Waals surface area (Å²) >= 11 is 0. The standard InChI is InChI=1S/C22H26N2O3/c1-4-27-19-11-5-16(6-12-19)14-24(3)22(26)17-7-9-18(10-8-17)23-21(25)20-13-15(20)2/h5-12,15,20H,4,13-14H2,1-3H3,(H,23,25). The first-order valence-electron chi connectivity index (χ1n) is 9.36. The molecule has 0 bridgehead atoms. The summed E-state index contributed by atoms with van der Waals surface area (Å²) in [7, 11) is 1.78. The molecular weight excluding hydrogens is 340 g/mol. The zero-order valence-electron chi connectivity index (χ0n) is 16.1. The van der Waals surface area contributed by atoms with Gasteiger partial charge in [0.1, 0.15) is 5.75 Å². The molecule has 1 aliphatic rings. The number of carbonyl (C=O) groups is 2. The number of hydrogen-bond donors (Lipinski definition) is 1. The number of ether oxygens (including phenoxy) is 1. The van der Waals surface area contributed by atoms with E-state index in [1.54, 1.807) is 36.2 Å². The summed E-state index contributed by atoms with van der Waals surface area (Å²) in [6.45, 7) is 5.17. The van der Waals surface area contributed by atoms with Crippen LogP contribution in [0.4, 0.5) is 5.69 Å². The van der Waals surface area contributed by atoms with Crippen LogP contribution >= 0.6 is 0 Å². The van der Waals surface area contributed by atoms with Crippen LogP contribution in [0.5, 0.6) is 5.75 Å². The Hall–Kier alpha value is -2.82. The van der Waals surface area contributed by atoms with Crippen molar-refractivity contribution >= 4 is 17.5 Å². The zero-order valence-corrected chi connectivity index (χ0v) is 16.1. The van der Waals surface area contributed by atoms with Gasteiger partial charge in [-0.15, -0.1) is 0 Å². The number of amides is 2. The normalized spacial score (nSPS) is 17.9. The van der Waals surface area contributed by atoms with Crippen LogP contribution < -0.4 is 10.1 Å². The monoisotopic (exact) mass is 366 g/mol. The molecule has 2 aromatic rings. The number of hydrogen-bond acceptors (Lipinski definition) is 3. The highest BCUT2D eigenvalue weighted by Gasteiger charge is 2.39. The van der Waals surface area contributed by atoms with Crippen molar-refractivity contribution in [2.45, 2.75) is 26.8 Å². The van der Waals surface area contributed by atoms with Crippen LogP contribution in [0.3, 0.4) is 0 Å². The first-order valence-corrected chi connectivity index (χ1v) is 9.36. The maximum absolute atomic E-state index is 12.6. The van der Waals surface area contributed by atoms with Gasteiger partial charge in [-0.1, -0.05) is 19.1 Å². The van der Waals surface area contributed by atoms with Crippen LogP contribution in [0.25, 0.3) is 0 Å². The smallest absolute Gasteiger partial charge is 0.253 e. The van der Waals surface area contributed by atoms with Gasteiger partial charge in [0.25, 0.3) is 5.91 Å². The maximum Gasteiger partial charge on any atom is 0.253 e. The molecule has 27 heavy (non-hydrogen) atoms. The Morgan fingerprint density at radius 2 is 1.74 bits per heavy atom. The Bertz CT molecular complexity index is 799. The van der Waals surface area contributed by atoms with Crippen LogP contribution in [-0.2, 0) is 11.3 Å². The molecule has 2 unspecified atom stereocenters. The van der Waals surface area contributed by atoms with Gasteiger partial charge in [0, 0.05) is 30.8 Å². The molecule has 0 aliphatic heterocycles. The van der Waals surface area contributed by atoms with E-state index < -0.39 is 0 Å². The Labute approximate surface area is 160 Å². The van der Waals surface area contributed by atoms with Crippen molar-refractivity contribution < 1.29 is 14.3 Å². The fourth-order valence-electron chi connectivity index (χ4n) is 3.04. The third kappa shape index (κ3) is 4.88. The van der Waals surface area contributed by atoms with Crippen molar-refractivity contribution in [2.75, 3.05) is 19.0 Å². The van der Waals surface area contributed by atoms with E-state index in [2.05, 4.69) is 12.2 Å². The van der Waals surface area contributed by atoms with Crippen LogP contribution in [-0.4, -0.2) is 30.4 Å². The number of rotatable bonds is 7. The zero-order chi connectivity index (χ0) is 19.4. The highest BCUT2D eigenvalue weighted by Crippen LogP contribution is 2.38. The second kappa shape index (κ2) is 8.25. The van der Waals surface area contributed by atoms with Crippen molar-refractivity contribution in [3.63, 3.8) is 0 Å². The molecule has 0 saturated heterocycles. The SMILES string of the molecule is CCOc1ccc(CN(C)C(=O)c2ccc(NC(=O)C3CC3C)cc2)cc1. The summed E-state index contributed by atoms with van der Waals surface area (Å²) in [6.07, 6.45) is 0.957. The number of nitrogens with zero attached hydrogens (tertiary/aromatic N) is 1. The molecule has 1 fully saturated rings. The minimum absolute atomic E-state index is 0.0578. The Morgan fingerprint density at radius 1 is 1.11 bits per heavy atom. The summed E-state index contributed by atoms with van der Waals surface area (Å²) in [5.74, 6) is 1.44. The van der Waals surface area contributed by atoms with Crippen molar-refractivity contribution in [3.05, 3.63) is 59.7 Å². The lowest BCUT2D eigenvalue weighted by Crippen LogP contribution is -2.26. The molecule has 1 saturated carbocycles. The molecule has 2 atom stereocenters. The minimum Gasteiger partial charge on any atom is -0.494 e. The van der Waals surface area contributed by atoms with E-state index in [1.807, 2.05) is 31.2 Å². The quantitative estimate of drug-likeness (QED) is 0.807. The molecule has 142 valence electrons. The second-order valence-corrected chi connectivity index (χ2v) is 7.12. The van der Waals surface area contributed by atoms with Gasteiger partial charge in [0.05, 0.1) is 6.61 Å². The molecule has 0 aromatic heterocycles. The summed E-state index contributed by atoms with van der Waals surface area (Å²) in [6, 6.07) is 14.8. The Kier molecular flexibility index (Phi) is 5.79. The molecule has 1 aliphatic carbocycles. The molecule has 5 heteroatoms. The molecule has 0 heterocycles. The van der Waals surface area contributed by atoms with Gasteiger partial charge in [0.15, 0.2) is 0 Å². The largest absolute Gasteiger partial charge is 0.494 e. The lowest BCUT2D eigenvalue weighted by Gasteiger charge is -2.18. The van der Waals surface area contributed by atoms with E-state index >= 15 is 0 Å². The number of anilines is 1. The van der Waals surface area contributed by atoms with Crippen molar-refractivity contribution in [3.8, 4) is 5.75 Å². The fourth-order valence-corrected chi connectivity index (χ4v) is 3.04. The highest BCUT2D eigenvalue weighted by atomic mass is 16.5. The lowest BCUT2D eigenvalue weighted by atomic mass is 10.1.